The predicted octanol–water partition coefficient (Wildman–Crippen LogP) is 1.19. The SMILES string of the molecule is CC(C)NC(=O)OC1CN(C(=O)c2ccc(NS(=O)O)cc2)C1. The third-order valence-electron chi connectivity index (χ3n) is 3.15. The lowest BCUT2D eigenvalue weighted by atomic mass is 10.1. The molecule has 1 atom stereocenters. The van der Waals surface area contributed by atoms with Gasteiger partial charge in [0.2, 0.25) is 0 Å². The van der Waals surface area contributed by atoms with Gasteiger partial charge in [0.25, 0.3) is 17.2 Å². The number of hydrogen-bond acceptors (Lipinski definition) is 4. The first kappa shape index (κ1) is 17.2. The van der Waals surface area contributed by atoms with Crippen molar-refractivity contribution in [3.8, 4) is 0 Å². The molecule has 23 heavy (non-hydrogen) atoms. The minimum absolute atomic E-state index is 0.000636. The van der Waals surface area contributed by atoms with E-state index in [1.165, 1.54) is 0 Å². The molecule has 1 saturated heterocycles. The van der Waals surface area contributed by atoms with Crippen molar-refractivity contribution in [3.63, 3.8) is 0 Å². The first-order valence-corrected chi connectivity index (χ1v) is 8.20. The average Bonchev–Trinajstić information content (AvgIpc) is 2.41. The third-order valence-corrected chi connectivity index (χ3v) is 3.56. The Morgan fingerprint density at radius 2 is 1.91 bits per heavy atom. The van der Waals surface area contributed by atoms with Gasteiger partial charge in [0.05, 0.1) is 13.1 Å². The lowest BCUT2D eigenvalue weighted by molar-refractivity contribution is -0.00700. The van der Waals surface area contributed by atoms with Gasteiger partial charge in [-0.3, -0.25) is 14.1 Å². The van der Waals surface area contributed by atoms with Crippen molar-refractivity contribution in [2.75, 3.05) is 17.8 Å². The first-order valence-electron chi connectivity index (χ1n) is 7.09. The Morgan fingerprint density at radius 1 is 1.30 bits per heavy atom. The number of carbonyl (C=O) groups excluding carboxylic acids is 2. The molecule has 1 aliphatic heterocycles. The van der Waals surface area contributed by atoms with Crippen LogP contribution in [0, 0.1) is 0 Å². The summed E-state index contributed by atoms with van der Waals surface area (Å²) in [6.07, 6.45) is -0.778. The lowest BCUT2D eigenvalue weighted by Gasteiger charge is -2.38. The topological polar surface area (TPSA) is 108 Å². The molecule has 1 fully saturated rings. The van der Waals surface area contributed by atoms with Gasteiger partial charge in [0.1, 0.15) is 6.10 Å². The highest BCUT2D eigenvalue weighted by atomic mass is 32.2. The van der Waals surface area contributed by atoms with Crippen molar-refractivity contribution in [2.24, 2.45) is 0 Å². The van der Waals surface area contributed by atoms with Gasteiger partial charge in [-0.25, -0.2) is 9.00 Å². The summed E-state index contributed by atoms with van der Waals surface area (Å²) >= 11 is -2.15. The Kier molecular flexibility index (Phi) is 5.56. The van der Waals surface area contributed by atoms with E-state index >= 15 is 0 Å². The fraction of sp³-hybridized carbons (Fsp3) is 0.429. The zero-order valence-corrected chi connectivity index (χ0v) is 13.6. The van der Waals surface area contributed by atoms with E-state index in [-0.39, 0.29) is 18.1 Å². The van der Waals surface area contributed by atoms with Crippen molar-refractivity contribution < 1.29 is 23.1 Å². The van der Waals surface area contributed by atoms with Gasteiger partial charge in [-0.1, -0.05) is 0 Å². The highest BCUT2D eigenvalue weighted by Crippen LogP contribution is 2.18. The van der Waals surface area contributed by atoms with Crippen LogP contribution < -0.4 is 10.0 Å². The Hall–Kier alpha value is -2.13. The number of carbonyl (C=O) groups is 2. The fourth-order valence-electron chi connectivity index (χ4n) is 2.06. The number of nitrogens with zero attached hydrogens (tertiary/aromatic N) is 1. The maximum atomic E-state index is 12.2. The molecule has 9 heteroatoms. The number of nitrogens with one attached hydrogen (secondary N) is 2. The molecule has 0 spiro atoms. The van der Waals surface area contributed by atoms with Crippen LogP contribution in [0.5, 0.6) is 0 Å². The van der Waals surface area contributed by atoms with Crippen LogP contribution in [-0.4, -0.2) is 50.9 Å². The van der Waals surface area contributed by atoms with Gasteiger partial charge in [-0.2, -0.15) is 0 Å². The van der Waals surface area contributed by atoms with Crippen molar-refractivity contribution >= 4 is 29.0 Å². The van der Waals surface area contributed by atoms with Gasteiger partial charge in [0.15, 0.2) is 0 Å². The minimum Gasteiger partial charge on any atom is -0.442 e. The zero-order chi connectivity index (χ0) is 17.0. The Labute approximate surface area is 136 Å². The van der Waals surface area contributed by atoms with E-state index < -0.39 is 17.4 Å². The Morgan fingerprint density at radius 3 is 2.43 bits per heavy atom. The van der Waals surface area contributed by atoms with Crippen LogP contribution in [0.4, 0.5) is 10.5 Å². The van der Waals surface area contributed by atoms with E-state index in [9.17, 15) is 13.8 Å². The highest BCUT2D eigenvalue weighted by Gasteiger charge is 2.34. The van der Waals surface area contributed by atoms with Crippen LogP contribution in [0.1, 0.15) is 24.2 Å². The Balaban J connectivity index is 1.82. The van der Waals surface area contributed by atoms with E-state index in [2.05, 4.69) is 10.0 Å². The molecule has 0 aromatic heterocycles. The summed E-state index contributed by atoms with van der Waals surface area (Å²) < 4.78 is 26.8. The zero-order valence-electron chi connectivity index (χ0n) is 12.8. The molecule has 8 nitrogen and oxygen atoms in total. The van der Waals surface area contributed by atoms with Crippen molar-refractivity contribution in [3.05, 3.63) is 29.8 Å². The molecule has 0 radical (unpaired) electrons. The summed E-state index contributed by atoms with van der Waals surface area (Å²) in [6.45, 7) is 4.38. The largest absolute Gasteiger partial charge is 0.442 e. The van der Waals surface area contributed by atoms with Crippen LogP contribution in [0.3, 0.4) is 0 Å². The normalized spacial score (nSPS) is 15.7. The van der Waals surface area contributed by atoms with E-state index in [0.717, 1.165) is 0 Å². The van der Waals surface area contributed by atoms with Crippen LogP contribution in [0.15, 0.2) is 24.3 Å². The summed E-state index contributed by atoms with van der Waals surface area (Å²) in [6, 6.07) is 6.23. The summed E-state index contributed by atoms with van der Waals surface area (Å²) in [5.74, 6) is -0.175. The second kappa shape index (κ2) is 7.42. The second-order valence-corrected chi connectivity index (χ2v) is 6.17. The van der Waals surface area contributed by atoms with E-state index in [4.69, 9.17) is 9.29 Å². The molecule has 2 amide bonds. The Bertz CT molecular complexity index is 599. The fourth-order valence-corrected chi connectivity index (χ4v) is 2.40. The van der Waals surface area contributed by atoms with Gasteiger partial charge < -0.3 is 15.0 Å². The molecule has 0 aliphatic carbocycles. The minimum atomic E-state index is -2.15. The smallest absolute Gasteiger partial charge is 0.407 e. The van der Waals surface area contributed by atoms with Gasteiger partial charge >= 0.3 is 6.09 Å². The molecule has 1 aromatic carbocycles. The lowest BCUT2D eigenvalue weighted by Crippen LogP contribution is -2.56. The molecule has 0 bridgehead atoms. The van der Waals surface area contributed by atoms with Gasteiger partial charge in [-0.15, -0.1) is 0 Å². The van der Waals surface area contributed by atoms with E-state index in [0.29, 0.717) is 24.3 Å². The summed E-state index contributed by atoms with van der Waals surface area (Å²) in [4.78, 5) is 25.2. The van der Waals surface area contributed by atoms with Gasteiger partial charge in [0, 0.05) is 17.3 Å². The van der Waals surface area contributed by atoms with Crippen molar-refractivity contribution in [1.29, 1.82) is 0 Å². The third kappa shape index (κ3) is 4.93. The molecule has 0 saturated carbocycles. The number of rotatable bonds is 5. The molecule has 2 rings (SSSR count). The van der Waals surface area contributed by atoms with E-state index in [1.54, 1.807) is 29.2 Å². The molecular formula is C14H19N3O5S. The van der Waals surface area contributed by atoms with Crippen molar-refractivity contribution in [2.45, 2.75) is 26.0 Å². The number of anilines is 1. The van der Waals surface area contributed by atoms with Gasteiger partial charge in [-0.05, 0) is 38.1 Å². The molecule has 1 unspecified atom stereocenters. The molecule has 1 heterocycles. The number of ether oxygens (including phenoxy) is 1. The standard InChI is InChI=1S/C14H19N3O5S/c1-9(2)15-14(19)22-12-7-17(8-12)13(18)10-3-5-11(6-4-10)16-23(20)21/h3-6,9,12,16H,7-8H2,1-2H3,(H,15,19)(H,20,21). The van der Waals surface area contributed by atoms with Crippen LogP contribution in [0.25, 0.3) is 0 Å². The van der Waals surface area contributed by atoms with Crippen molar-refractivity contribution in [1.82, 2.24) is 10.2 Å². The summed E-state index contributed by atoms with van der Waals surface area (Å²) in [7, 11) is 0. The maximum absolute atomic E-state index is 12.2. The number of likely N-dealkylation sites (tertiary alicyclic amines) is 1. The number of benzene rings is 1. The maximum Gasteiger partial charge on any atom is 0.407 e. The average molecular weight is 341 g/mol. The summed E-state index contributed by atoms with van der Waals surface area (Å²) in [5, 5.41) is 2.62. The van der Waals surface area contributed by atoms with Crippen LogP contribution >= 0.6 is 0 Å². The molecule has 1 aromatic rings. The number of amides is 2. The highest BCUT2D eigenvalue weighted by molar-refractivity contribution is 7.80. The van der Waals surface area contributed by atoms with Crippen LogP contribution in [-0.2, 0) is 16.0 Å². The van der Waals surface area contributed by atoms with Crippen LogP contribution in [0.2, 0.25) is 0 Å². The monoisotopic (exact) mass is 341 g/mol. The summed E-state index contributed by atoms with van der Waals surface area (Å²) in [5.41, 5.74) is 0.905. The molecule has 3 N–H and O–H groups in total. The predicted molar refractivity (Wildman–Crippen MR) is 85.3 cm³/mol. The number of alkyl carbamates (subject to hydrolysis) is 1. The van der Waals surface area contributed by atoms with E-state index in [1.807, 2.05) is 13.8 Å². The molecule has 126 valence electrons. The first-order chi connectivity index (χ1) is 10.8. The molecular weight excluding hydrogens is 322 g/mol. The molecule has 1 aliphatic rings. The number of hydrogen-bond donors (Lipinski definition) is 3. The second-order valence-electron chi connectivity index (χ2n) is 5.47. The quantitative estimate of drug-likeness (QED) is 0.697.